The average molecular weight is 286 g/mol. The highest BCUT2D eigenvalue weighted by molar-refractivity contribution is 9.10. The maximum Gasteiger partial charge on any atom is 0.0431 e. The van der Waals surface area contributed by atoms with Crippen LogP contribution in [0.5, 0.6) is 0 Å². The fourth-order valence-corrected chi connectivity index (χ4v) is 2.14. The highest BCUT2D eigenvalue weighted by atomic mass is 79.9. The average Bonchev–Trinajstić information content (AvgIpc) is 2.29. The molecule has 1 atom stereocenters. The minimum Gasteiger partial charge on any atom is -0.396 e. The number of hydrogen-bond donors (Lipinski definition) is 2. The molecule has 0 bridgehead atoms. The molecule has 1 unspecified atom stereocenters. The standard InChI is InChI=1S/C13H20BrNO/c1-11(5-4-10-16)15-9-8-12-6-2-3-7-13(12)14/h2-3,6-7,11,15-16H,4-5,8-10H2,1H3. The molecule has 16 heavy (non-hydrogen) atoms. The molecular weight excluding hydrogens is 266 g/mol. The van der Waals surface area contributed by atoms with Gasteiger partial charge in [0.1, 0.15) is 0 Å². The first-order valence-corrected chi connectivity index (χ1v) is 6.61. The van der Waals surface area contributed by atoms with Crippen molar-refractivity contribution < 1.29 is 5.11 Å². The van der Waals surface area contributed by atoms with Crippen LogP contribution in [0.25, 0.3) is 0 Å². The maximum absolute atomic E-state index is 8.72. The summed E-state index contributed by atoms with van der Waals surface area (Å²) in [5, 5.41) is 12.2. The molecule has 0 aromatic heterocycles. The Labute approximate surface area is 106 Å². The fourth-order valence-electron chi connectivity index (χ4n) is 1.65. The molecule has 1 rings (SSSR count). The van der Waals surface area contributed by atoms with Crippen molar-refractivity contribution in [2.24, 2.45) is 0 Å². The summed E-state index contributed by atoms with van der Waals surface area (Å²) in [4.78, 5) is 0. The van der Waals surface area contributed by atoms with Gasteiger partial charge in [-0.25, -0.2) is 0 Å². The second kappa shape index (κ2) is 7.82. The zero-order valence-corrected chi connectivity index (χ0v) is 11.3. The van der Waals surface area contributed by atoms with E-state index in [4.69, 9.17) is 5.11 Å². The second-order valence-electron chi connectivity index (χ2n) is 4.06. The Hall–Kier alpha value is -0.380. The lowest BCUT2D eigenvalue weighted by Gasteiger charge is -2.13. The predicted molar refractivity (Wildman–Crippen MR) is 71.6 cm³/mol. The van der Waals surface area contributed by atoms with Crippen molar-refractivity contribution in [2.45, 2.75) is 32.2 Å². The van der Waals surface area contributed by atoms with E-state index in [9.17, 15) is 0 Å². The molecule has 0 amide bonds. The zero-order valence-electron chi connectivity index (χ0n) is 9.75. The Kier molecular flexibility index (Phi) is 6.69. The van der Waals surface area contributed by atoms with Gasteiger partial charge in [-0.05, 0) is 44.4 Å². The summed E-state index contributed by atoms with van der Waals surface area (Å²) >= 11 is 3.54. The normalized spacial score (nSPS) is 12.7. The van der Waals surface area contributed by atoms with Crippen molar-refractivity contribution >= 4 is 15.9 Å². The summed E-state index contributed by atoms with van der Waals surface area (Å²) in [5.41, 5.74) is 1.34. The van der Waals surface area contributed by atoms with Gasteiger partial charge in [0.05, 0.1) is 0 Å². The van der Waals surface area contributed by atoms with Gasteiger partial charge < -0.3 is 10.4 Å². The van der Waals surface area contributed by atoms with Crippen LogP contribution in [-0.4, -0.2) is 24.3 Å². The topological polar surface area (TPSA) is 32.3 Å². The minimum absolute atomic E-state index is 0.288. The molecule has 0 aliphatic rings. The van der Waals surface area contributed by atoms with Crippen LogP contribution in [0.2, 0.25) is 0 Å². The molecule has 0 aliphatic heterocycles. The molecule has 0 saturated heterocycles. The van der Waals surface area contributed by atoms with Gasteiger partial charge in [0.15, 0.2) is 0 Å². The van der Waals surface area contributed by atoms with Crippen molar-refractivity contribution in [2.75, 3.05) is 13.2 Å². The molecule has 0 fully saturated rings. The van der Waals surface area contributed by atoms with E-state index in [0.717, 1.165) is 25.8 Å². The molecular formula is C13H20BrNO. The molecule has 0 aliphatic carbocycles. The number of hydrogen-bond acceptors (Lipinski definition) is 2. The molecule has 3 heteroatoms. The number of nitrogens with one attached hydrogen (secondary N) is 1. The maximum atomic E-state index is 8.72. The molecule has 0 spiro atoms. The molecule has 0 saturated carbocycles. The van der Waals surface area contributed by atoms with Crippen molar-refractivity contribution in [1.82, 2.24) is 5.32 Å². The summed E-state index contributed by atoms with van der Waals surface area (Å²) < 4.78 is 1.18. The van der Waals surface area contributed by atoms with E-state index in [1.807, 2.05) is 6.07 Å². The Morgan fingerprint density at radius 2 is 2.12 bits per heavy atom. The van der Waals surface area contributed by atoms with Crippen LogP contribution in [0.15, 0.2) is 28.7 Å². The highest BCUT2D eigenvalue weighted by Crippen LogP contribution is 2.15. The van der Waals surface area contributed by atoms with E-state index in [-0.39, 0.29) is 6.61 Å². The van der Waals surface area contributed by atoms with E-state index in [0.29, 0.717) is 6.04 Å². The van der Waals surface area contributed by atoms with Crippen molar-refractivity contribution in [3.8, 4) is 0 Å². The predicted octanol–water partition coefficient (Wildman–Crippen LogP) is 2.74. The van der Waals surface area contributed by atoms with Gasteiger partial charge >= 0.3 is 0 Å². The van der Waals surface area contributed by atoms with Gasteiger partial charge in [-0.2, -0.15) is 0 Å². The Morgan fingerprint density at radius 3 is 2.81 bits per heavy atom. The van der Waals surface area contributed by atoms with Gasteiger partial charge in [0.25, 0.3) is 0 Å². The van der Waals surface area contributed by atoms with E-state index in [2.05, 4.69) is 46.4 Å². The van der Waals surface area contributed by atoms with Crippen LogP contribution in [0, 0.1) is 0 Å². The lowest BCUT2D eigenvalue weighted by atomic mass is 10.1. The summed E-state index contributed by atoms with van der Waals surface area (Å²) in [6.07, 6.45) is 2.94. The molecule has 2 nitrogen and oxygen atoms in total. The number of rotatable bonds is 7. The first kappa shape index (κ1) is 13.7. The van der Waals surface area contributed by atoms with Gasteiger partial charge in [-0.1, -0.05) is 34.1 Å². The third-order valence-electron chi connectivity index (χ3n) is 2.64. The summed E-state index contributed by atoms with van der Waals surface area (Å²) in [5.74, 6) is 0. The smallest absolute Gasteiger partial charge is 0.0431 e. The van der Waals surface area contributed by atoms with Crippen LogP contribution in [-0.2, 0) is 6.42 Å². The second-order valence-corrected chi connectivity index (χ2v) is 4.92. The van der Waals surface area contributed by atoms with Crippen LogP contribution in [0.1, 0.15) is 25.3 Å². The van der Waals surface area contributed by atoms with Crippen molar-refractivity contribution in [1.29, 1.82) is 0 Å². The Morgan fingerprint density at radius 1 is 1.38 bits per heavy atom. The van der Waals surface area contributed by atoms with E-state index < -0.39 is 0 Å². The molecule has 90 valence electrons. The number of halogens is 1. The lowest BCUT2D eigenvalue weighted by Crippen LogP contribution is -2.28. The largest absolute Gasteiger partial charge is 0.396 e. The van der Waals surface area contributed by atoms with Crippen LogP contribution >= 0.6 is 15.9 Å². The van der Waals surface area contributed by atoms with E-state index in [1.54, 1.807) is 0 Å². The quantitative estimate of drug-likeness (QED) is 0.808. The Bertz CT molecular complexity index is 304. The monoisotopic (exact) mass is 285 g/mol. The minimum atomic E-state index is 0.288. The SMILES string of the molecule is CC(CCCO)NCCc1ccccc1Br. The van der Waals surface area contributed by atoms with Crippen LogP contribution in [0.3, 0.4) is 0 Å². The van der Waals surface area contributed by atoms with Gasteiger partial charge in [-0.15, -0.1) is 0 Å². The molecule has 0 heterocycles. The highest BCUT2D eigenvalue weighted by Gasteiger charge is 2.02. The molecule has 0 radical (unpaired) electrons. The lowest BCUT2D eigenvalue weighted by molar-refractivity contribution is 0.276. The van der Waals surface area contributed by atoms with E-state index >= 15 is 0 Å². The van der Waals surface area contributed by atoms with E-state index in [1.165, 1.54) is 10.0 Å². The Balaban J connectivity index is 2.23. The van der Waals surface area contributed by atoms with Gasteiger partial charge in [0, 0.05) is 17.1 Å². The third kappa shape index (κ3) is 5.10. The number of aliphatic hydroxyl groups is 1. The van der Waals surface area contributed by atoms with Gasteiger partial charge in [0.2, 0.25) is 0 Å². The third-order valence-corrected chi connectivity index (χ3v) is 3.41. The van der Waals surface area contributed by atoms with Crippen molar-refractivity contribution in [3.63, 3.8) is 0 Å². The van der Waals surface area contributed by atoms with Crippen LogP contribution < -0.4 is 5.32 Å². The number of benzene rings is 1. The molecule has 1 aromatic rings. The first-order chi connectivity index (χ1) is 7.74. The van der Waals surface area contributed by atoms with Crippen molar-refractivity contribution in [3.05, 3.63) is 34.3 Å². The molecule has 2 N–H and O–H groups in total. The summed E-state index contributed by atoms with van der Waals surface area (Å²) in [7, 11) is 0. The fraction of sp³-hybridized carbons (Fsp3) is 0.538. The summed E-state index contributed by atoms with van der Waals surface area (Å²) in [6, 6.07) is 8.80. The first-order valence-electron chi connectivity index (χ1n) is 5.81. The zero-order chi connectivity index (χ0) is 11.8. The molecule has 1 aromatic carbocycles. The summed E-state index contributed by atoms with van der Waals surface area (Å²) in [6.45, 7) is 3.43. The number of aliphatic hydroxyl groups excluding tert-OH is 1. The van der Waals surface area contributed by atoms with Gasteiger partial charge in [-0.3, -0.25) is 0 Å². The van der Waals surface area contributed by atoms with Crippen LogP contribution in [0.4, 0.5) is 0 Å².